The van der Waals surface area contributed by atoms with E-state index in [1.807, 2.05) is 12.1 Å². The molecule has 6 rings (SSSR count). The highest BCUT2D eigenvalue weighted by Crippen LogP contribution is 2.48. The van der Waals surface area contributed by atoms with Crippen molar-refractivity contribution in [2.75, 3.05) is 19.0 Å². The van der Waals surface area contributed by atoms with Crippen LogP contribution in [0.5, 0.6) is 11.8 Å². The van der Waals surface area contributed by atoms with Gasteiger partial charge < -0.3 is 14.8 Å². The van der Waals surface area contributed by atoms with E-state index in [-0.39, 0.29) is 30.1 Å². The second kappa shape index (κ2) is 7.30. The van der Waals surface area contributed by atoms with Gasteiger partial charge in [0, 0.05) is 18.3 Å². The Bertz CT molecular complexity index is 1330. The summed E-state index contributed by atoms with van der Waals surface area (Å²) >= 11 is 6.19. The van der Waals surface area contributed by atoms with Crippen molar-refractivity contribution in [2.24, 2.45) is 0 Å². The van der Waals surface area contributed by atoms with Crippen LogP contribution < -0.4 is 14.8 Å². The second-order valence-electron chi connectivity index (χ2n) is 7.72. The van der Waals surface area contributed by atoms with Gasteiger partial charge in [0.05, 0.1) is 24.7 Å². The number of anilines is 2. The average molecular weight is 457 g/mol. The lowest BCUT2D eigenvalue weighted by atomic mass is 10.2. The topological polar surface area (TPSA) is 105 Å². The van der Waals surface area contributed by atoms with Gasteiger partial charge >= 0.3 is 0 Å². The molecular weight excluding hydrogens is 439 g/mol. The molecule has 1 N–H and O–H groups in total. The van der Waals surface area contributed by atoms with Gasteiger partial charge in [0.1, 0.15) is 18.0 Å². The fourth-order valence-corrected chi connectivity index (χ4v) is 4.10. The normalized spacial score (nSPS) is 18.0. The Morgan fingerprint density at radius 1 is 1.28 bits per heavy atom. The Labute approximate surface area is 186 Å². The number of halogens is 2. The van der Waals surface area contributed by atoms with Gasteiger partial charge in [0.2, 0.25) is 11.8 Å². The van der Waals surface area contributed by atoms with E-state index in [1.54, 1.807) is 24.2 Å². The predicted molar refractivity (Wildman–Crippen MR) is 114 cm³/mol. The highest BCUT2D eigenvalue weighted by Gasteiger charge is 2.35. The maximum absolute atomic E-state index is 14.8. The first-order valence-electron chi connectivity index (χ1n) is 10.2. The van der Waals surface area contributed by atoms with Crippen LogP contribution in [0.4, 0.5) is 16.0 Å². The third kappa shape index (κ3) is 3.11. The lowest BCUT2D eigenvalue weighted by Crippen LogP contribution is -2.20. The van der Waals surface area contributed by atoms with Crippen molar-refractivity contribution < 1.29 is 13.9 Å². The summed E-state index contributed by atoms with van der Waals surface area (Å²) in [7, 11) is 1.56. The molecule has 0 amide bonds. The van der Waals surface area contributed by atoms with Crippen LogP contribution in [0.3, 0.4) is 0 Å². The molecule has 5 heterocycles. The highest BCUT2D eigenvalue weighted by atomic mass is 35.5. The van der Waals surface area contributed by atoms with Crippen molar-refractivity contribution in [1.82, 2.24) is 34.5 Å². The first kappa shape index (κ1) is 19.2. The molecule has 12 heteroatoms. The van der Waals surface area contributed by atoms with E-state index in [1.165, 1.54) is 4.68 Å². The molecule has 1 atom stereocenters. The molecule has 2 aliphatic rings. The van der Waals surface area contributed by atoms with Gasteiger partial charge in [-0.15, -0.1) is 5.10 Å². The number of hydrogen-bond donors (Lipinski definition) is 1. The summed E-state index contributed by atoms with van der Waals surface area (Å²) in [4.78, 5) is 13.2. The average Bonchev–Trinajstić information content (AvgIpc) is 3.52. The summed E-state index contributed by atoms with van der Waals surface area (Å²) in [5, 5.41) is 12.9. The standard InChI is InChI=1S/C20H18ClFN8O2/c1-31-18-13(3-2-6-23-18)30-15(10-4-5-10)14-19(28-30)32-9-11(22)8-29-17-12(16(21)27-29)7-24-20(25-14)26-17/h2-3,6-7,10-11H,4-5,8-9H2,1H3,(H,24,25,26). The smallest absolute Gasteiger partial charge is 0.257 e. The molecule has 2 bridgehead atoms. The lowest BCUT2D eigenvalue weighted by molar-refractivity contribution is 0.171. The van der Waals surface area contributed by atoms with E-state index in [9.17, 15) is 4.39 Å². The minimum atomic E-state index is -1.35. The molecule has 32 heavy (non-hydrogen) atoms. The maximum Gasteiger partial charge on any atom is 0.257 e. The Morgan fingerprint density at radius 3 is 2.97 bits per heavy atom. The Kier molecular flexibility index (Phi) is 4.39. The van der Waals surface area contributed by atoms with E-state index in [2.05, 4.69) is 30.5 Å². The molecule has 4 aromatic rings. The van der Waals surface area contributed by atoms with Crippen molar-refractivity contribution in [2.45, 2.75) is 31.5 Å². The first-order valence-corrected chi connectivity index (χ1v) is 10.6. The fourth-order valence-electron chi connectivity index (χ4n) is 3.88. The first-order chi connectivity index (χ1) is 15.6. The number of nitrogens with one attached hydrogen (secondary N) is 1. The maximum atomic E-state index is 14.8. The molecule has 1 unspecified atom stereocenters. The summed E-state index contributed by atoms with van der Waals surface area (Å²) in [6.07, 6.45) is 3.87. The van der Waals surface area contributed by atoms with Crippen LogP contribution in [0.25, 0.3) is 16.7 Å². The number of alkyl halides is 1. The lowest BCUT2D eigenvalue weighted by Gasteiger charge is -2.11. The van der Waals surface area contributed by atoms with Gasteiger partial charge in [-0.1, -0.05) is 11.6 Å². The van der Waals surface area contributed by atoms with E-state index in [0.29, 0.717) is 34.2 Å². The third-order valence-electron chi connectivity index (χ3n) is 5.48. The Balaban J connectivity index is 1.54. The number of nitrogens with zero attached hydrogens (tertiary/aromatic N) is 7. The number of rotatable bonds is 3. The van der Waals surface area contributed by atoms with Gasteiger partial charge in [0.15, 0.2) is 17.0 Å². The van der Waals surface area contributed by atoms with Crippen molar-refractivity contribution in [3.63, 3.8) is 0 Å². The van der Waals surface area contributed by atoms with Crippen LogP contribution in [0.1, 0.15) is 24.5 Å². The number of methoxy groups -OCH3 is 1. The number of hydrogen-bond acceptors (Lipinski definition) is 8. The number of aromatic nitrogens is 7. The van der Waals surface area contributed by atoms with Gasteiger partial charge in [-0.05, 0) is 25.0 Å². The van der Waals surface area contributed by atoms with E-state index in [4.69, 9.17) is 21.1 Å². The van der Waals surface area contributed by atoms with Crippen molar-refractivity contribution >= 4 is 34.3 Å². The molecule has 0 radical (unpaired) electrons. The van der Waals surface area contributed by atoms with Crippen LogP contribution >= 0.6 is 11.6 Å². The fraction of sp³-hybridized carbons (Fsp3) is 0.350. The molecular formula is C20H18ClFN8O2. The Morgan fingerprint density at radius 2 is 2.16 bits per heavy atom. The minimum absolute atomic E-state index is 0.0539. The van der Waals surface area contributed by atoms with Crippen molar-refractivity contribution in [3.8, 4) is 17.4 Å². The van der Waals surface area contributed by atoms with Crippen LogP contribution in [0.2, 0.25) is 5.15 Å². The Hall–Kier alpha value is -3.47. The molecule has 1 aliphatic carbocycles. The van der Waals surface area contributed by atoms with Gasteiger partial charge in [-0.3, -0.25) is 0 Å². The number of pyridine rings is 1. The van der Waals surface area contributed by atoms with Gasteiger partial charge in [-0.25, -0.2) is 23.7 Å². The molecule has 4 aromatic heterocycles. The minimum Gasteiger partial charge on any atom is -0.479 e. The molecule has 0 aromatic carbocycles. The second-order valence-corrected chi connectivity index (χ2v) is 8.08. The predicted octanol–water partition coefficient (Wildman–Crippen LogP) is 3.42. The number of ether oxygens (including phenoxy) is 2. The van der Waals surface area contributed by atoms with Crippen molar-refractivity contribution in [1.29, 1.82) is 0 Å². The summed E-state index contributed by atoms with van der Waals surface area (Å²) < 4.78 is 29.3. The SMILES string of the molecule is COc1ncccc1-n1nc2c(c1C1CC1)Nc1ncc3c(Cl)nn(c3n1)CC(F)CO2. The van der Waals surface area contributed by atoms with Crippen LogP contribution in [0.15, 0.2) is 24.5 Å². The van der Waals surface area contributed by atoms with Gasteiger partial charge in [0.25, 0.3) is 5.88 Å². The summed E-state index contributed by atoms with van der Waals surface area (Å²) in [5.74, 6) is 1.26. The van der Waals surface area contributed by atoms with E-state index in [0.717, 1.165) is 18.5 Å². The zero-order chi connectivity index (χ0) is 21.8. The van der Waals surface area contributed by atoms with Crippen LogP contribution in [-0.4, -0.2) is 54.4 Å². The molecule has 0 spiro atoms. The largest absolute Gasteiger partial charge is 0.479 e. The molecule has 10 nitrogen and oxygen atoms in total. The molecule has 0 saturated heterocycles. The van der Waals surface area contributed by atoms with Crippen LogP contribution in [-0.2, 0) is 6.54 Å². The molecule has 164 valence electrons. The quantitative estimate of drug-likeness (QED) is 0.500. The summed E-state index contributed by atoms with van der Waals surface area (Å²) in [6, 6.07) is 3.67. The zero-order valence-corrected chi connectivity index (χ0v) is 17.8. The molecule has 1 fully saturated rings. The van der Waals surface area contributed by atoms with E-state index < -0.39 is 6.17 Å². The molecule has 1 aliphatic heterocycles. The summed E-state index contributed by atoms with van der Waals surface area (Å²) in [6.45, 7) is -0.260. The highest BCUT2D eigenvalue weighted by molar-refractivity contribution is 6.34. The summed E-state index contributed by atoms with van der Waals surface area (Å²) in [5.41, 5.74) is 2.60. The third-order valence-corrected chi connectivity index (χ3v) is 5.76. The van der Waals surface area contributed by atoms with Crippen molar-refractivity contribution in [3.05, 3.63) is 35.4 Å². The molecule has 1 saturated carbocycles. The number of fused-ring (bicyclic) bond motifs is 2. The zero-order valence-electron chi connectivity index (χ0n) is 17.0. The van der Waals surface area contributed by atoms with Crippen LogP contribution in [0, 0.1) is 0 Å². The monoisotopic (exact) mass is 456 g/mol. The van der Waals surface area contributed by atoms with Gasteiger partial charge in [-0.2, -0.15) is 10.1 Å². The van der Waals surface area contributed by atoms with E-state index >= 15 is 0 Å².